The number of imidazole rings is 1. The number of rotatable bonds is 8. The summed E-state index contributed by atoms with van der Waals surface area (Å²) in [5.74, 6) is 1.17. The maximum absolute atomic E-state index is 12.3. The maximum atomic E-state index is 12.3. The lowest BCUT2D eigenvalue weighted by atomic mass is 10.1. The van der Waals surface area contributed by atoms with Gasteiger partial charge in [0.25, 0.3) is 0 Å². The third-order valence-electron chi connectivity index (χ3n) is 4.86. The molecule has 0 aliphatic rings. The van der Waals surface area contributed by atoms with E-state index in [0.717, 1.165) is 11.3 Å². The number of nitrogens with one attached hydrogen (secondary N) is 1. The number of benzene rings is 1. The van der Waals surface area contributed by atoms with Gasteiger partial charge in [0.2, 0.25) is 15.9 Å². The zero-order valence-electron chi connectivity index (χ0n) is 17.0. The first-order chi connectivity index (χ1) is 12.6. The zero-order chi connectivity index (χ0) is 20.4. The van der Waals surface area contributed by atoms with Crippen LogP contribution in [0.1, 0.15) is 39.9 Å². The Kier molecular flexibility index (Phi) is 6.64. The standard InChI is InChI=1S/C19H30N4O3S/c1-7-23-17-9-8-15(27(25,26)22(5)6)12-16(17)21-18(23)10-11-19(24)20-14(4)13(2)3/h8-9,12-14H,7,10-11H2,1-6H3,(H,20,24)/t14-/m0/s1. The van der Waals surface area contributed by atoms with Crippen LogP contribution in [0.4, 0.5) is 0 Å². The lowest BCUT2D eigenvalue weighted by molar-refractivity contribution is -0.121. The summed E-state index contributed by atoms with van der Waals surface area (Å²) >= 11 is 0. The lowest BCUT2D eigenvalue weighted by Gasteiger charge is -2.17. The molecule has 1 heterocycles. The average Bonchev–Trinajstić information content (AvgIpc) is 2.96. The highest BCUT2D eigenvalue weighted by molar-refractivity contribution is 7.89. The number of fused-ring (bicyclic) bond motifs is 1. The fraction of sp³-hybridized carbons (Fsp3) is 0.579. The van der Waals surface area contributed by atoms with Gasteiger partial charge in [-0.05, 0) is 38.0 Å². The van der Waals surface area contributed by atoms with E-state index in [1.165, 1.54) is 18.4 Å². The van der Waals surface area contributed by atoms with Crippen LogP contribution in [0.3, 0.4) is 0 Å². The number of carbonyl (C=O) groups excluding carboxylic acids is 1. The van der Waals surface area contributed by atoms with Crippen LogP contribution in [0, 0.1) is 5.92 Å². The highest BCUT2D eigenvalue weighted by Gasteiger charge is 2.20. The fourth-order valence-corrected chi connectivity index (χ4v) is 3.71. The molecule has 150 valence electrons. The minimum absolute atomic E-state index is 0.00165. The Bertz CT molecular complexity index is 916. The molecule has 0 spiro atoms. The van der Waals surface area contributed by atoms with Crippen molar-refractivity contribution in [1.29, 1.82) is 0 Å². The largest absolute Gasteiger partial charge is 0.353 e. The molecule has 0 bridgehead atoms. The van der Waals surface area contributed by atoms with Crippen molar-refractivity contribution in [3.8, 4) is 0 Å². The van der Waals surface area contributed by atoms with Crippen LogP contribution in [0.25, 0.3) is 11.0 Å². The topological polar surface area (TPSA) is 84.3 Å². The van der Waals surface area contributed by atoms with Crippen molar-refractivity contribution < 1.29 is 13.2 Å². The normalized spacial score (nSPS) is 13.5. The SMILES string of the molecule is CCn1c(CCC(=O)N[C@@H](C)C(C)C)nc2cc(S(=O)(=O)N(C)C)ccc21. The predicted molar refractivity (Wildman–Crippen MR) is 107 cm³/mol. The summed E-state index contributed by atoms with van der Waals surface area (Å²) in [6.45, 7) is 8.85. The third kappa shape index (κ3) is 4.68. The van der Waals surface area contributed by atoms with Gasteiger partial charge in [-0.3, -0.25) is 4.79 Å². The number of nitrogens with zero attached hydrogens (tertiary/aromatic N) is 3. The zero-order valence-corrected chi connectivity index (χ0v) is 17.8. The van der Waals surface area contributed by atoms with Gasteiger partial charge in [-0.2, -0.15) is 0 Å². The predicted octanol–water partition coefficient (Wildman–Crippen LogP) is 2.40. The molecular weight excluding hydrogens is 364 g/mol. The monoisotopic (exact) mass is 394 g/mol. The molecule has 1 aromatic heterocycles. The van der Waals surface area contributed by atoms with E-state index in [4.69, 9.17) is 0 Å². The van der Waals surface area contributed by atoms with E-state index in [0.29, 0.717) is 30.8 Å². The van der Waals surface area contributed by atoms with E-state index in [1.54, 1.807) is 18.2 Å². The Labute approximate surface area is 161 Å². The number of aromatic nitrogens is 2. The molecule has 0 saturated heterocycles. The van der Waals surface area contributed by atoms with Gasteiger partial charge in [0, 0.05) is 39.5 Å². The highest BCUT2D eigenvalue weighted by atomic mass is 32.2. The molecule has 1 N–H and O–H groups in total. The molecule has 2 aromatic rings. The molecule has 2 rings (SSSR count). The molecule has 1 aromatic carbocycles. The quantitative estimate of drug-likeness (QED) is 0.745. The van der Waals surface area contributed by atoms with Crippen molar-refractivity contribution in [3.63, 3.8) is 0 Å². The van der Waals surface area contributed by atoms with E-state index >= 15 is 0 Å². The molecule has 1 amide bonds. The molecule has 27 heavy (non-hydrogen) atoms. The van der Waals surface area contributed by atoms with Gasteiger partial charge in [-0.1, -0.05) is 13.8 Å². The Balaban J connectivity index is 2.26. The van der Waals surface area contributed by atoms with Crippen LogP contribution in [0.5, 0.6) is 0 Å². The van der Waals surface area contributed by atoms with Crippen LogP contribution in [-0.4, -0.2) is 48.3 Å². The van der Waals surface area contributed by atoms with Crippen LogP contribution < -0.4 is 5.32 Å². The Morgan fingerprint density at radius 2 is 1.93 bits per heavy atom. The number of sulfonamides is 1. The third-order valence-corrected chi connectivity index (χ3v) is 6.67. The summed E-state index contributed by atoms with van der Waals surface area (Å²) in [6, 6.07) is 5.11. The molecular formula is C19H30N4O3S. The maximum Gasteiger partial charge on any atom is 0.242 e. The van der Waals surface area contributed by atoms with Crippen molar-refractivity contribution in [2.45, 2.75) is 58.0 Å². The van der Waals surface area contributed by atoms with Gasteiger partial charge in [0.15, 0.2) is 0 Å². The van der Waals surface area contributed by atoms with E-state index in [2.05, 4.69) is 24.1 Å². The summed E-state index contributed by atoms with van der Waals surface area (Å²) in [6.07, 6.45) is 0.859. The molecule has 1 atom stereocenters. The Morgan fingerprint density at radius 3 is 2.48 bits per heavy atom. The van der Waals surface area contributed by atoms with Crippen molar-refractivity contribution in [2.24, 2.45) is 5.92 Å². The minimum atomic E-state index is -3.51. The van der Waals surface area contributed by atoms with Gasteiger partial charge in [-0.15, -0.1) is 0 Å². The molecule has 0 unspecified atom stereocenters. The first-order valence-electron chi connectivity index (χ1n) is 9.29. The van der Waals surface area contributed by atoms with Gasteiger partial charge >= 0.3 is 0 Å². The second kappa shape index (κ2) is 8.39. The van der Waals surface area contributed by atoms with E-state index in [1.807, 2.05) is 18.4 Å². The number of aryl methyl sites for hydroxylation is 2. The summed E-state index contributed by atoms with van der Waals surface area (Å²) in [5, 5.41) is 3.00. The summed E-state index contributed by atoms with van der Waals surface area (Å²) in [4.78, 5) is 17.0. The molecule has 8 heteroatoms. The smallest absolute Gasteiger partial charge is 0.242 e. The summed E-state index contributed by atoms with van der Waals surface area (Å²) in [5.41, 5.74) is 1.51. The van der Waals surface area contributed by atoms with Crippen molar-refractivity contribution in [3.05, 3.63) is 24.0 Å². The fourth-order valence-electron chi connectivity index (χ4n) is 2.79. The van der Waals surface area contributed by atoms with Crippen LogP contribution in [0.15, 0.2) is 23.1 Å². The van der Waals surface area contributed by atoms with Crippen LogP contribution in [0.2, 0.25) is 0 Å². The van der Waals surface area contributed by atoms with Gasteiger partial charge in [0.05, 0.1) is 15.9 Å². The average molecular weight is 395 g/mol. The number of hydrogen-bond acceptors (Lipinski definition) is 4. The highest BCUT2D eigenvalue weighted by Crippen LogP contribution is 2.22. The molecule has 7 nitrogen and oxygen atoms in total. The van der Waals surface area contributed by atoms with Crippen molar-refractivity contribution in [1.82, 2.24) is 19.2 Å². The summed E-state index contributed by atoms with van der Waals surface area (Å²) < 4.78 is 27.9. The van der Waals surface area contributed by atoms with E-state index in [9.17, 15) is 13.2 Å². The second-order valence-corrected chi connectivity index (χ2v) is 9.46. The van der Waals surface area contributed by atoms with E-state index < -0.39 is 10.0 Å². The first kappa shape index (κ1) is 21.4. The molecule has 0 aliphatic carbocycles. The second-order valence-electron chi connectivity index (χ2n) is 7.31. The number of hydrogen-bond donors (Lipinski definition) is 1. The Hall–Kier alpha value is -1.93. The number of carbonyl (C=O) groups is 1. The van der Waals surface area contributed by atoms with Gasteiger partial charge in [0.1, 0.15) is 5.82 Å². The van der Waals surface area contributed by atoms with Crippen molar-refractivity contribution in [2.75, 3.05) is 14.1 Å². The van der Waals surface area contributed by atoms with Gasteiger partial charge < -0.3 is 9.88 Å². The lowest BCUT2D eigenvalue weighted by Crippen LogP contribution is -2.36. The molecule has 0 radical (unpaired) electrons. The minimum Gasteiger partial charge on any atom is -0.353 e. The number of amides is 1. The molecule has 0 fully saturated rings. The van der Waals surface area contributed by atoms with Crippen LogP contribution >= 0.6 is 0 Å². The van der Waals surface area contributed by atoms with E-state index in [-0.39, 0.29) is 16.8 Å². The van der Waals surface area contributed by atoms with Crippen LogP contribution in [-0.2, 0) is 27.8 Å². The van der Waals surface area contributed by atoms with Gasteiger partial charge in [-0.25, -0.2) is 17.7 Å². The molecule has 0 aliphatic heterocycles. The first-order valence-corrected chi connectivity index (χ1v) is 10.7. The molecule has 0 saturated carbocycles. The summed E-state index contributed by atoms with van der Waals surface area (Å²) in [7, 11) is -0.493. The Morgan fingerprint density at radius 1 is 1.26 bits per heavy atom. The van der Waals surface area contributed by atoms with Crippen molar-refractivity contribution >= 4 is 27.0 Å².